The first kappa shape index (κ1) is 22.6. The summed E-state index contributed by atoms with van der Waals surface area (Å²) in [5.41, 5.74) is 0.350. The van der Waals surface area contributed by atoms with Gasteiger partial charge in [0.1, 0.15) is 11.6 Å². The van der Waals surface area contributed by atoms with E-state index in [1.54, 1.807) is 14.0 Å². The number of aliphatic imine (C=N–C) groups is 1. The van der Waals surface area contributed by atoms with E-state index in [1.807, 2.05) is 13.8 Å². The molecule has 5 nitrogen and oxygen atoms in total. The zero-order chi connectivity index (χ0) is 17.4. The fraction of sp³-hybridized carbons (Fsp3) is 0.500. The van der Waals surface area contributed by atoms with Crippen LogP contribution in [0.1, 0.15) is 32.4 Å². The molecule has 0 fully saturated rings. The maximum atomic E-state index is 13.7. The van der Waals surface area contributed by atoms with E-state index in [0.717, 1.165) is 6.07 Å². The molecule has 0 aliphatic rings. The number of carbonyl (C=O) groups excluding carboxylic acids is 1. The highest BCUT2D eigenvalue weighted by Gasteiger charge is 2.13. The Morgan fingerprint density at radius 1 is 1.17 bits per heavy atom. The largest absolute Gasteiger partial charge is 0.355 e. The molecule has 1 amide bonds. The summed E-state index contributed by atoms with van der Waals surface area (Å²) < 4.78 is 26.7. The highest BCUT2D eigenvalue weighted by molar-refractivity contribution is 14.0. The van der Waals surface area contributed by atoms with Crippen molar-refractivity contribution in [1.82, 2.24) is 16.0 Å². The maximum absolute atomic E-state index is 13.7. The number of nitrogens with zero attached hydrogens (tertiary/aromatic N) is 1. The number of halogens is 3. The van der Waals surface area contributed by atoms with Gasteiger partial charge in [0, 0.05) is 37.7 Å². The van der Waals surface area contributed by atoms with Crippen LogP contribution >= 0.6 is 24.0 Å². The SMILES string of the molecule is CN=C(NCCNC(=O)C(C)C)NC(C)c1ccc(F)cc1F.I. The molecule has 0 aliphatic heterocycles. The summed E-state index contributed by atoms with van der Waals surface area (Å²) in [6.45, 7) is 6.34. The highest BCUT2D eigenvalue weighted by Crippen LogP contribution is 2.17. The predicted molar refractivity (Wildman–Crippen MR) is 103 cm³/mol. The van der Waals surface area contributed by atoms with Gasteiger partial charge in [0.25, 0.3) is 0 Å². The predicted octanol–water partition coefficient (Wildman–Crippen LogP) is 2.58. The third-order valence-electron chi connectivity index (χ3n) is 3.25. The molecule has 0 aromatic heterocycles. The van der Waals surface area contributed by atoms with Crippen LogP contribution in [0.4, 0.5) is 8.78 Å². The van der Waals surface area contributed by atoms with Gasteiger partial charge in [-0.1, -0.05) is 19.9 Å². The van der Waals surface area contributed by atoms with Gasteiger partial charge in [0.2, 0.25) is 5.91 Å². The molecule has 24 heavy (non-hydrogen) atoms. The molecule has 0 aliphatic carbocycles. The van der Waals surface area contributed by atoms with Gasteiger partial charge < -0.3 is 16.0 Å². The Kier molecular flexibility index (Phi) is 10.5. The van der Waals surface area contributed by atoms with Crippen molar-refractivity contribution in [1.29, 1.82) is 0 Å². The summed E-state index contributed by atoms with van der Waals surface area (Å²) in [5.74, 6) is -0.822. The molecule has 1 aromatic rings. The Morgan fingerprint density at radius 3 is 2.33 bits per heavy atom. The average Bonchev–Trinajstić information content (AvgIpc) is 2.49. The van der Waals surface area contributed by atoms with Crippen LogP contribution in [-0.4, -0.2) is 32.0 Å². The average molecular weight is 454 g/mol. The molecule has 1 atom stereocenters. The van der Waals surface area contributed by atoms with Crippen LogP contribution in [-0.2, 0) is 4.79 Å². The first-order valence-corrected chi connectivity index (χ1v) is 7.55. The van der Waals surface area contributed by atoms with E-state index in [0.29, 0.717) is 24.6 Å². The lowest BCUT2D eigenvalue weighted by molar-refractivity contribution is -0.123. The maximum Gasteiger partial charge on any atom is 0.222 e. The van der Waals surface area contributed by atoms with E-state index in [2.05, 4.69) is 20.9 Å². The van der Waals surface area contributed by atoms with Crippen molar-refractivity contribution >= 4 is 35.8 Å². The van der Waals surface area contributed by atoms with Gasteiger partial charge >= 0.3 is 0 Å². The molecule has 0 saturated heterocycles. The van der Waals surface area contributed by atoms with Crippen molar-refractivity contribution in [2.24, 2.45) is 10.9 Å². The molecule has 1 unspecified atom stereocenters. The summed E-state index contributed by atoms with van der Waals surface area (Å²) in [6.07, 6.45) is 0. The minimum absolute atomic E-state index is 0. The molecule has 0 radical (unpaired) electrons. The zero-order valence-corrected chi connectivity index (χ0v) is 16.7. The van der Waals surface area contributed by atoms with Gasteiger partial charge in [-0.15, -0.1) is 24.0 Å². The number of benzene rings is 1. The number of carbonyl (C=O) groups is 1. The number of guanidine groups is 1. The summed E-state index contributed by atoms with van der Waals surface area (Å²) in [5, 5.41) is 8.82. The number of hydrogen-bond donors (Lipinski definition) is 3. The number of amides is 1. The summed E-state index contributed by atoms with van der Waals surface area (Å²) >= 11 is 0. The Morgan fingerprint density at radius 2 is 1.79 bits per heavy atom. The molecular formula is C16H25F2IN4O. The molecule has 1 rings (SSSR count). The second kappa shape index (κ2) is 11.2. The molecule has 0 bridgehead atoms. The van der Waals surface area contributed by atoms with Crippen LogP contribution in [0.5, 0.6) is 0 Å². The Hall–Kier alpha value is -1.45. The van der Waals surface area contributed by atoms with E-state index < -0.39 is 11.6 Å². The lowest BCUT2D eigenvalue weighted by Gasteiger charge is -2.19. The minimum atomic E-state index is -0.609. The summed E-state index contributed by atoms with van der Waals surface area (Å²) in [6, 6.07) is 3.09. The molecule has 3 N–H and O–H groups in total. The third-order valence-corrected chi connectivity index (χ3v) is 3.25. The topological polar surface area (TPSA) is 65.5 Å². The number of nitrogens with one attached hydrogen (secondary N) is 3. The minimum Gasteiger partial charge on any atom is -0.355 e. The van der Waals surface area contributed by atoms with Crippen LogP contribution in [0.3, 0.4) is 0 Å². The first-order valence-electron chi connectivity index (χ1n) is 7.55. The molecular weight excluding hydrogens is 429 g/mol. The molecule has 0 spiro atoms. The summed E-state index contributed by atoms with van der Waals surface area (Å²) in [7, 11) is 1.59. The van der Waals surface area contributed by atoms with Crippen molar-refractivity contribution in [3.8, 4) is 0 Å². The van der Waals surface area contributed by atoms with E-state index in [9.17, 15) is 13.6 Å². The van der Waals surface area contributed by atoms with Crippen molar-refractivity contribution in [3.05, 3.63) is 35.4 Å². The zero-order valence-electron chi connectivity index (χ0n) is 14.3. The van der Waals surface area contributed by atoms with Crippen LogP contribution in [0.15, 0.2) is 23.2 Å². The van der Waals surface area contributed by atoms with Crippen molar-refractivity contribution < 1.29 is 13.6 Å². The van der Waals surface area contributed by atoms with Gasteiger partial charge in [-0.2, -0.15) is 0 Å². The van der Waals surface area contributed by atoms with E-state index in [4.69, 9.17) is 0 Å². The van der Waals surface area contributed by atoms with Crippen LogP contribution < -0.4 is 16.0 Å². The van der Waals surface area contributed by atoms with Gasteiger partial charge in [-0.05, 0) is 13.0 Å². The fourth-order valence-corrected chi connectivity index (χ4v) is 1.90. The summed E-state index contributed by atoms with van der Waals surface area (Å²) in [4.78, 5) is 15.5. The molecule has 0 heterocycles. The molecule has 0 saturated carbocycles. The van der Waals surface area contributed by atoms with E-state index >= 15 is 0 Å². The number of hydrogen-bond acceptors (Lipinski definition) is 2. The van der Waals surface area contributed by atoms with Crippen molar-refractivity contribution in [3.63, 3.8) is 0 Å². The normalized spacial score (nSPS) is 12.4. The standard InChI is InChI=1S/C16H24F2N4O.HI/c1-10(2)15(23)20-7-8-21-16(19-4)22-11(3)13-6-5-12(17)9-14(13)18;/h5-6,9-11H,7-8H2,1-4H3,(H,20,23)(H2,19,21,22);1H. The van der Waals surface area contributed by atoms with Gasteiger partial charge in [0.05, 0.1) is 6.04 Å². The van der Waals surface area contributed by atoms with Gasteiger partial charge in [-0.25, -0.2) is 8.78 Å². The van der Waals surface area contributed by atoms with Crippen molar-refractivity contribution in [2.45, 2.75) is 26.8 Å². The second-order valence-corrected chi connectivity index (χ2v) is 5.48. The first-order chi connectivity index (χ1) is 10.8. The molecule has 8 heteroatoms. The van der Waals surface area contributed by atoms with E-state index in [-0.39, 0.29) is 41.8 Å². The van der Waals surface area contributed by atoms with Crippen LogP contribution in [0.25, 0.3) is 0 Å². The third kappa shape index (κ3) is 7.41. The Balaban J connectivity index is 0.00000529. The lowest BCUT2D eigenvalue weighted by atomic mass is 10.1. The molecule has 136 valence electrons. The highest BCUT2D eigenvalue weighted by atomic mass is 127. The number of rotatable bonds is 6. The lowest BCUT2D eigenvalue weighted by Crippen LogP contribution is -2.43. The van der Waals surface area contributed by atoms with Crippen LogP contribution in [0.2, 0.25) is 0 Å². The smallest absolute Gasteiger partial charge is 0.222 e. The quantitative estimate of drug-likeness (QED) is 0.268. The van der Waals surface area contributed by atoms with Gasteiger partial charge in [0.15, 0.2) is 5.96 Å². The van der Waals surface area contributed by atoms with Gasteiger partial charge in [-0.3, -0.25) is 9.79 Å². The molecule has 1 aromatic carbocycles. The van der Waals surface area contributed by atoms with E-state index in [1.165, 1.54) is 12.1 Å². The van der Waals surface area contributed by atoms with Crippen LogP contribution in [0, 0.1) is 17.6 Å². The van der Waals surface area contributed by atoms with Crippen molar-refractivity contribution in [2.75, 3.05) is 20.1 Å². The second-order valence-electron chi connectivity index (χ2n) is 5.48. The Bertz CT molecular complexity index is 567. The fourth-order valence-electron chi connectivity index (χ4n) is 1.90. The monoisotopic (exact) mass is 454 g/mol. The Labute approximate surface area is 158 Å².